The number of methoxy groups -OCH3 is 1. The molecular weight excluding hydrogens is 296 g/mol. The molecule has 2 rings (SSSR count). The van der Waals surface area contributed by atoms with Gasteiger partial charge in [-0.2, -0.15) is 0 Å². The van der Waals surface area contributed by atoms with Gasteiger partial charge < -0.3 is 14.4 Å². The van der Waals surface area contributed by atoms with Gasteiger partial charge in [-0.3, -0.25) is 4.79 Å². The van der Waals surface area contributed by atoms with E-state index in [0.29, 0.717) is 5.92 Å². The van der Waals surface area contributed by atoms with Gasteiger partial charge in [0.05, 0.1) is 7.11 Å². The average molecular weight is 320 g/mol. The Hall–Kier alpha value is -2.11. The monoisotopic (exact) mass is 320 g/mol. The van der Waals surface area contributed by atoms with E-state index < -0.39 is 5.97 Å². The summed E-state index contributed by atoms with van der Waals surface area (Å²) in [6.07, 6.45) is 6.02. The molecule has 1 fully saturated rings. The van der Waals surface area contributed by atoms with Gasteiger partial charge in [-0.1, -0.05) is 19.8 Å². The van der Waals surface area contributed by atoms with Gasteiger partial charge in [0.1, 0.15) is 5.56 Å². The summed E-state index contributed by atoms with van der Waals surface area (Å²) < 4.78 is 10.2. The Kier molecular flexibility index (Phi) is 5.96. The lowest BCUT2D eigenvalue weighted by Crippen LogP contribution is -2.44. The topological polar surface area (TPSA) is 68.7 Å². The van der Waals surface area contributed by atoms with Crippen molar-refractivity contribution < 1.29 is 19.1 Å². The fraction of sp³-hybridized carbons (Fsp3) is 0.588. The van der Waals surface area contributed by atoms with Crippen LogP contribution in [0, 0.1) is 5.92 Å². The van der Waals surface area contributed by atoms with E-state index in [0.717, 1.165) is 19.3 Å². The fourth-order valence-corrected chi connectivity index (χ4v) is 3.07. The first kappa shape index (κ1) is 17.2. The molecule has 1 amide bonds. The summed E-state index contributed by atoms with van der Waals surface area (Å²) in [4.78, 5) is 30.0. The molecule has 2 atom stereocenters. The predicted octanol–water partition coefficient (Wildman–Crippen LogP) is 2.28. The van der Waals surface area contributed by atoms with Crippen LogP contribution in [0.25, 0.3) is 0 Å². The predicted molar refractivity (Wildman–Crippen MR) is 85.3 cm³/mol. The number of pyridine rings is 1. The molecule has 0 radical (unpaired) electrons. The molecule has 6 heteroatoms. The van der Waals surface area contributed by atoms with Crippen molar-refractivity contribution >= 4 is 11.9 Å². The number of hydrogen-bond acceptors (Lipinski definition) is 5. The Bertz CT molecular complexity index is 561. The number of carbonyl (C=O) groups excluding carboxylic acids is 2. The van der Waals surface area contributed by atoms with Crippen LogP contribution in [-0.4, -0.2) is 48.6 Å². The van der Waals surface area contributed by atoms with Crippen molar-refractivity contribution in [1.82, 2.24) is 9.88 Å². The Labute approximate surface area is 136 Å². The van der Waals surface area contributed by atoms with Crippen LogP contribution in [0.3, 0.4) is 0 Å². The van der Waals surface area contributed by atoms with Crippen LogP contribution in [0.4, 0.5) is 0 Å². The quantitative estimate of drug-likeness (QED) is 0.779. The van der Waals surface area contributed by atoms with Gasteiger partial charge in [0.15, 0.2) is 6.61 Å². The third-order valence-electron chi connectivity index (χ3n) is 4.47. The highest BCUT2D eigenvalue weighted by Crippen LogP contribution is 2.27. The molecule has 0 spiro atoms. The summed E-state index contributed by atoms with van der Waals surface area (Å²) in [6, 6.07) is 3.41. The van der Waals surface area contributed by atoms with E-state index in [4.69, 9.17) is 9.47 Å². The second-order valence-corrected chi connectivity index (χ2v) is 5.97. The lowest BCUT2D eigenvalue weighted by molar-refractivity contribution is -0.136. The largest absolute Gasteiger partial charge is 0.480 e. The zero-order chi connectivity index (χ0) is 16.8. The lowest BCUT2D eigenvalue weighted by atomic mass is 9.85. The third-order valence-corrected chi connectivity index (χ3v) is 4.47. The maximum Gasteiger partial charge on any atom is 0.344 e. The number of nitrogens with zero attached hydrogens (tertiary/aromatic N) is 2. The van der Waals surface area contributed by atoms with Crippen LogP contribution < -0.4 is 4.74 Å². The molecule has 0 N–H and O–H groups in total. The van der Waals surface area contributed by atoms with Crippen molar-refractivity contribution in [3.8, 4) is 5.88 Å². The van der Waals surface area contributed by atoms with Crippen LogP contribution in [-0.2, 0) is 9.53 Å². The zero-order valence-electron chi connectivity index (χ0n) is 13.9. The van der Waals surface area contributed by atoms with Crippen LogP contribution in [0.15, 0.2) is 18.3 Å². The molecule has 2 unspecified atom stereocenters. The van der Waals surface area contributed by atoms with Crippen molar-refractivity contribution in [3.05, 3.63) is 23.9 Å². The number of esters is 1. The summed E-state index contributed by atoms with van der Waals surface area (Å²) in [5.74, 6) is -0.112. The minimum absolute atomic E-state index is 0.181. The molecule has 23 heavy (non-hydrogen) atoms. The second-order valence-electron chi connectivity index (χ2n) is 5.97. The second kappa shape index (κ2) is 7.94. The van der Waals surface area contributed by atoms with Crippen molar-refractivity contribution in [2.75, 3.05) is 20.8 Å². The Morgan fingerprint density at radius 3 is 2.78 bits per heavy atom. The highest BCUT2D eigenvalue weighted by Gasteiger charge is 2.28. The van der Waals surface area contributed by atoms with Crippen LogP contribution >= 0.6 is 0 Å². The maximum atomic E-state index is 12.3. The number of carbonyl (C=O) groups is 2. The van der Waals surface area contributed by atoms with Crippen molar-refractivity contribution in [1.29, 1.82) is 0 Å². The molecule has 6 nitrogen and oxygen atoms in total. The third kappa shape index (κ3) is 4.21. The molecule has 0 bridgehead atoms. The van der Waals surface area contributed by atoms with E-state index in [-0.39, 0.29) is 30.0 Å². The van der Waals surface area contributed by atoms with Crippen LogP contribution in [0.5, 0.6) is 5.88 Å². The number of aromatic nitrogens is 1. The highest BCUT2D eigenvalue weighted by molar-refractivity contribution is 5.93. The first-order chi connectivity index (χ1) is 11.0. The van der Waals surface area contributed by atoms with Gasteiger partial charge in [0, 0.05) is 19.3 Å². The highest BCUT2D eigenvalue weighted by atomic mass is 16.5. The molecular formula is C17H24N2O4. The molecule has 0 aliphatic heterocycles. The summed E-state index contributed by atoms with van der Waals surface area (Å²) >= 11 is 0. The smallest absolute Gasteiger partial charge is 0.344 e. The van der Waals surface area contributed by atoms with E-state index in [2.05, 4.69) is 11.9 Å². The fourth-order valence-electron chi connectivity index (χ4n) is 3.07. The normalized spacial score (nSPS) is 20.7. The number of amides is 1. The Morgan fingerprint density at radius 2 is 2.09 bits per heavy atom. The van der Waals surface area contributed by atoms with E-state index in [1.165, 1.54) is 19.7 Å². The standard InChI is InChI=1S/C17H24N2O4/c1-12-7-4-5-9-14(12)19(2)15(20)11-23-17(21)13-8-6-10-18-16(13)22-3/h6,8,10,12,14H,4-5,7,9,11H2,1-3H3. The molecule has 0 aromatic carbocycles. The zero-order valence-corrected chi connectivity index (χ0v) is 13.9. The Balaban J connectivity index is 1.91. The van der Waals surface area contributed by atoms with Crippen LogP contribution in [0.1, 0.15) is 43.0 Å². The summed E-state index contributed by atoms with van der Waals surface area (Å²) in [5.41, 5.74) is 0.219. The molecule has 1 aliphatic carbocycles. The van der Waals surface area contributed by atoms with Gasteiger partial charge >= 0.3 is 5.97 Å². The van der Waals surface area contributed by atoms with Gasteiger partial charge in [-0.05, 0) is 30.9 Å². The molecule has 126 valence electrons. The van der Waals surface area contributed by atoms with Crippen molar-refractivity contribution in [2.24, 2.45) is 5.92 Å². The maximum absolute atomic E-state index is 12.3. The first-order valence-electron chi connectivity index (χ1n) is 7.96. The van der Waals surface area contributed by atoms with Crippen LogP contribution in [0.2, 0.25) is 0 Å². The SMILES string of the molecule is COc1ncccc1C(=O)OCC(=O)N(C)C1CCCCC1C. The summed E-state index contributed by atoms with van der Waals surface area (Å²) in [5, 5.41) is 0. The minimum Gasteiger partial charge on any atom is -0.480 e. The molecule has 1 aliphatic rings. The molecule has 1 aromatic rings. The summed E-state index contributed by atoms with van der Waals surface area (Å²) in [6.45, 7) is 1.90. The van der Waals surface area contributed by atoms with Gasteiger partial charge in [0.2, 0.25) is 5.88 Å². The van der Waals surface area contributed by atoms with Crippen molar-refractivity contribution in [2.45, 2.75) is 38.6 Å². The number of hydrogen-bond donors (Lipinski definition) is 0. The van der Waals surface area contributed by atoms with E-state index in [1.807, 2.05) is 0 Å². The molecule has 1 heterocycles. The number of ether oxygens (including phenoxy) is 2. The first-order valence-corrected chi connectivity index (χ1v) is 7.96. The van der Waals surface area contributed by atoms with E-state index in [1.54, 1.807) is 24.1 Å². The number of likely N-dealkylation sites (N-methyl/N-ethyl adjacent to an activating group) is 1. The van der Waals surface area contributed by atoms with Crippen molar-refractivity contribution in [3.63, 3.8) is 0 Å². The average Bonchev–Trinajstić information content (AvgIpc) is 2.59. The molecule has 1 saturated carbocycles. The lowest BCUT2D eigenvalue weighted by Gasteiger charge is -2.36. The van der Waals surface area contributed by atoms with E-state index in [9.17, 15) is 9.59 Å². The van der Waals surface area contributed by atoms with E-state index >= 15 is 0 Å². The molecule has 0 saturated heterocycles. The van der Waals surface area contributed by atoms with Gasteiger partial charge in [0.25, 0.3) is 5.91 Å². The summed E-state index contributed by atoms with van der Waals surface area (Å²) in [7, 11) is 3.22. The minimum atomic E-state index is -0.603. The molecule has 1 aromatic heterocycles. The van der Waals surface area contributed by atoms with Gasteiger partial charge in [-0.25, -0.2) is 9.78 Å². The van der Waals surface area contributed by atoms with Gasteiger partial charge in [-0.15, -0.1) is 0 Å². The Morgan fingerprint density at radius 1 is 1.35 bits per heavy atom. The number of rotatable bonds is 5.